The van der Waals surface area contributed by atoms with Crippen LogP contribution in [0, 0.1) is 0 Å². The Balaban J connectivity index is 2.64. The average Bonchev–Trinajstić information content (AvgIpc) is 2.13. The van der Waals surface area contributed by atoms with Gasteiger partial charge in [0.25, 0.3) is 5.91 Å². The fourth-order valence-electron chi connectivity index (χ4n) is 1.14. The van der Waals surface area contributed by atoms with Crippen molar-refractivity contribution in [2.75, 3.05) is 18.6 Å². The fourth-order valence-corrected chi connectivity index (χ4v) is 2.14. The van der Waals surface area contributed by atoms with E-state index in [9.17, 15) is 13.2 Å². The summed E-state index contributed by atoms with van der Waals surface area (Å²) in [7, 11) is -3.09. The quantitative estimate of drug-likeness (QED) is 0.921. The van der Waals surface area contributed by atoms with E-state index < -0.39 is 15.7 Å². The summed E-state index contributed by atoms with van der Waals surface area (Å²) < 4.78 is 21.7. The van der Waals surface area contributed by atoms with Crippen molar-refractivity contribution >= 4 is 38.9 Å². The normalized spacial score (nSPS) is 11.2. The number of rotatable bonds is 4. The molecule has 7 heteroatoms. The van der Waals surface area contributed by atoms with Gasteiger partial charge in [-0.15, -0.1) is 0 Å². The zero-order valence-corrected chi connectivity index (χ0v) is 11.4. The van der Waals surface area contributed by atoms with E-state index >= 15 is 0 Å². The summed E-state index contributed by atoms with van der Waals surface area (Å²) in [4.78, 5) is 11.6. The van der Waals surface area contributed by atoms with Crippen LogP contribution in [-0.4, -0.2) is 32.9 Å². The van der Waals surface area contributed by atoms with E-state index in [1.807, 2.05) is 0 Å². The first kappa shape index (κ1) is 14.3. The van der Waals surface area contributed by atoms with E-state index in [0.717, 1.165) is 6.26 Å². The lowest BCUT2D eigenvalue weighted by Crippen LogP contribution is -2.28. The summed E-state index contributed by atoms with van der Waals surface area (Å²) in [5, 5.41) is 3.18. The van der Waals surface area contributed by atoms with E-state index in [4.69, 9.17) is 23.2 Å². The van der Waals surface area contributed by atoms with E-state index in [1.165, 1.54) is 18.2 Å². The summed E-state index contributed by atoms with van der Waals surface area (Å²) in [6.07, 6.45) is 1.11. The van der Waals surface area contributed by atoms with E-state index in [0.29, 0.717) is 15.6 Å². The molecule has 0 aromatic heterocycles. The van der Waals surface area contributed by atoms with Gasteiger partial charge in [0.15, 0.2) is 0 Å². The van der Waals surface area contributed by atoms with Crippen LogP contribution in [0.2, 0.25) is 10.0 Å². The molecule has 0 aliphatic heterocycles. The first-order chi connectivity index (χ1) is 7.78. The number of hydrogen-bond acceptors (Lipinski definition) is 3. The van der Waals surface area contributed by atoms with Crippen LogP contribution in [0.1, 0.15) is 10.4 Å². The predicted molar refractivity (Wildman–Crippen MR) is 68.5 cm³/mol. The van der Waals surface area contributed by atoms with Gasteiger partial charge in [-0.1, -0.05) is 23.2 Å². The monoisotopic (exact) mass is 295 g/mol. The first-order valence-corrected chi connectivity index (χ1v) is 7.51. The Labute approximate surface area is 110 Å². The Morgan fingerprint density at radius 3 is 2.24 bits per heavy atom. The number of hydrogen-bond donors (Lipinski definition) is 1. The molecule has 0 bridgehead atoms. The highest BCUT2D eigenvalue weighted by molar-refractivity contribution is 7.90. The van der Waals surface area contributed by atoms with Crippen LogP contribution >= 0.6 is 23.2 Å². The molecule has 0 radical (unpaired) electrons. The number of sulfone groups is 1. The molecule has 1 rings (SSSR count). The van der Waals surface area contributed by atoms with Gasteiger partial charge < -0.3 is 5.32 Å². The number of amides is 1. The summed E-state index contributed by atoms with van der Waals surface area (Å²) in [5.74, 6) is -0.509. The molecule has 17 heavy (non-hydrogen) atoms. The van der Waals surface area contributed by atoms with E-state index in [1.54, 1.807) is 0 Å². The van der Waals surface area contributed by atoms with Gasteiger partial charge in [-0.05, 0) is 18.2 Å². The molecular weight excluding hydrogens is 285 g/mol. The molecule has 0 aliphatic rings. The van der Waals surface area contributed by atoms with Gasteiger partial charge in [-0.2, -0.15) is 0 Å². The SMILES string of the molecule is CS(=O)(=O)CCNC(=O)c1cc(Cl)cc(Cl)c1. The number of carbonyl (C=O) groups is 1. The van der Waals surface area contributed by atoms with Crippen molar-refractivity contribution in [3.63, 3.8) is 0 Å². The zero-order chi connectivity index (χ0) is 13.1. The Morgan fingerprint density at radius 1 is 1.24 bits per heavy atom. The Kier molecular flexibility index (Phi) is 4.80. The van der Waals surface area contributed by atoms with Gasteiger partial charge >= 0.3 is 0 Å². The second-order valence-corrected chi connectivity index (χ2v) is 6.68. The van der Waals surface area contributed by atoms with Crippen LogP contribution in [0.3, 0.4) is 0 Å². The second kappa shape index (κ2) is 5.71. The standard InChI is InChI=1S/C10H11Cl2NO3S/c1-17(15,16)3-2-13-10(14)7-4-8(11)6-9(12)5-7/h4-6H,2-3H2,1H3,(H,13,14). The summed E-state index contributed by atoms with van der Waals surface area (Å²) in [6.45, 7) is 0.0573. The Morgan fingerprint density at radius 2 is 1.76 bits per heavy atom. The highest BCUT2D eigenvalue weighted by Crippen LogP contribution is 2.18. The molecule has 1 aromatic carbocycles. The van der Waals surface area contributed by atoms with Crippen molar-refractivity contribution in [3.8, 4) is 0 Å². The highest BCUT2D eigenvalue weighted by Gasteiger charge is 2.09. The maximum absolute atomic E-state index is 11.6. The topological polar surface area (TPSA) is 63.2 Å². The molecule has 1 aromatic rings. The van der Waals surface area contributed by atoms with Crippen LogP contribution in [0.15, 0.2) is 18.2 Å². The second-order valence-electron chi connectivity index (χ2n) is 3.54. The van der Waals surface area contributed by atoms with Gasteiger partial charge in [0.2, 0.25) is 0 Å². The van der Waals surface area contributed by atoms with Crippen LogP contribution < -0.4 is 5.32 Å². The van der Waals surface area contributed by atoms with Crippen LogP contribution in [0.5, 0.6) is 0 Å². The van der Waals surface area contributed by atoms with E-state index in [2.05, 4.69) is 5.32 Å². The average molecular weight is 296 g/mol. The lowest BCUT2D eigenvalue weighted by atomic mass is 10.2. The zero-order valence-electron chi connectivity index (χ0n) is 9.04. The number of halogens is 2. The lowest BCUT2D eigenvalue weighted by Gasteiger charge is -2.05. The third-order valence-corrected chi connectivity index (χ3v) is 3.27. The van der Waals surface area contributed by atoms with Crippen molar-refractivity contribution in [2.45, 2.75) is 0 Å². The molecule has 0 saturated carbocycles. The van der Waals surface area contributed by atoms with Gasteiger partial charge in [-0.25, -0.2) is 8.42 Å². The molecule has 0 saturated heterocycles. The van der Waals surface area contributed by atoms with Crippen molar-refractivity contribution in [2.24, 2.45) is 0 Å². The maximum Gasteiger partial charge on any atom is 0.251 e. The van der Waals surface area contributed by atoms with Gasteiger partial charge in [0.05, 0.1) is 5.75 Å². The molecule has 1 N–H and O–H groups in total. The first-order valence-electron chi connectivity index (χ1n) is 4.70. The smallest absolute Gasteiger partial charge is 0.251 e. The van der Waals surface area contributed by atoms with Crippen LogP contribution in [-0.2, 0) is 9.84 Å². The number of benzene rings is 1. The fraction of sp³-hybridized carbons (Fsp3) is 0.300. The van der Waals surface area contributed by atoms with E-state index in [-0.39, 0.29) is 12.3 Å². The van der Waals surface area contributed by atoms with Crippen LogP contribution in [0.25, 0.3) is 0 Å². The molecular formula is C10H11Cl2NO3S. The molecule has 0 heterocycles. The van der Waals surface area contributed by atoms with Gasteiger partial charge in [0.1, 0.15) is 9.84 Å². The molecule has 0 atom stereocenters. The third kappa shape index (κ3) is 5.39. The summed E-state index contributed by atoms with van der Waals surface area (Å²) in [6, 6.07) is 4.43. The van der Waals surface area contributed by atoms with Crippen molar-refractivity contribution in [3.05, 3.63) is 33.8 Å². The van der Waals surface area contributed by atoms with Crippen molar-refractivity contribution < 1.29 is 13.2 Å². The maximum atomic E-state index is 11.6. The molecule has 94 valence electrons. The summed E-state index contributed by atoms with van der Waals surface area (Å²) >= 11 is 11.5. The highest BCUT2D eigenvalue weighted by atomic mass is 35.5. The minimum atomic E-state index is -3.09. The van der Waals surface area contributed by atoms with Crippen molar-refractivity contribution in [1.29, 1.82) is 0 Å². The largest absolute Gasteiger partial charge is 0.351 e. The Hall–Kier alpha value is -0.780. The molecule has 0 unspecified atom stereocenters. The minimum Gasteiger partial charge on any atom is -0.351 e. The van der Waals surface area contributed by atoms with Crippen LogP contribution in [0.4, 0.5) is 0 Å². The molecule has 0 fully saturated rings. The predicted octanol–water partition coefficient (Wildman–Crippen LogP) is 1.77. The molecule has 0 aliphatic carbocycles. The minimum absolute atomic E-state index is 0.0573. The van der Waals surface area contributed by atoms with Gasteiger partial charge in [0, 0.05) is 28.4 Å². The Bertz CT molecular complexity index is 508. The molecule has 1 amide bonds. The third-order valence-electron chi connectivity index (χ3n) is 1.88. The van der Waals surface area contributed by atoms with Crippen molar-refractivity contribution in [1.82, 2.24) is 5.32 Å². The lowest BCUT2D eigenvalue weighted by molar-refractivity contribution is 0.0956. The van der Waals surface area contributed by atoms with Gasteiger partial charge in [-0.3, -0.25) is 4.79 Å². The number of carbonyl (C=O) groups excluding carboxylic acids is 1. The molecule has 4 nitrogen and oxygen atoms in total. The molecule has 0 spiro atoms. The summed E-state index contributed by atoms with van der Waals surface area (Å²) in [5.41, 5.74) is 0.302. The number of nitrogens with one attached hydrogen (secondary N) is 1.